The molecule has 0 aromatic heterocycles. The third-order valence-corrected chi connectivity index (χ3v) is 1.23. The minimum atomic E-state index is -0.994. The number of carbonyl (C=O) groups is 1. The molecule has 0 aliphatic rings. The molecule has 0 rings (SSSR count). The van der Waals surface area contributed by atoms with Crippen molar-refractivity contribution in [3.63, 3.8) is 0 Å². The molecule has 3 N–H and O–H groups in total. The van der Waals surface area contributed by atoms with Crippen molar-refractivity contribution in [3.05, 3.63) is 0 Å². The van der Waals surface area contributed by atoms with Crippen molar-refractivity contribution in [2.75, 3.05) is 26.4 Å². The van der Waals surface area contributed by atoms with E-state index in [2.05, 4.69) is 5.32 Å². The Morgan fingerprint density at radius 1 is 1.33 bits per heavy atom. The van der Waals surface area contributed by atoms with Gasteiger partial charge in [-0.2, -0.15) is 0 Å². The molecule has 0 radical (unpaired) electrons. The average molecular weight is 177 g/mol. The van der Waals surface area contributed by atoms with Crippen LogP contribution in [0.25, 0.3) is 0 Å². The van der Waals surface area contributed by atoms with E-state index in [1.54, 1.807) is 0 Å². The first-order chi connectivity index (χ1) is 5.77. The van der Waals surface area contributed by atoms with E-state index in [-0.39, 0.29) is 6.61 Å². The maximum atomic E-state index is 9.96. The van der Waals surface area contributed by atoms with Crippen molar-refractivity contribution >= 4 is 6.09 Å². The summed E-state index contributed by atoms with van der Waals surface area (Å²) in [6.07, 6.45) is 0.573. The number of ether oxygens (including phenoxy) is 1. The lowest BCUT2D eigenvalue weighted by Crippen LogP contribution is -2.22. The summed E-state index contributed by atoms with van der Waals surface area (Å²) in [6, 6.07) is 0. The van der Waals surface area contributed by atoms with Gasteiger partial charge in [-0.3, -0.25) is 0 Å². The van der Waals surface area contributed by atoms with Crippen LogP contribution in [0, 0.1) is 0 Å². The Morgan fingerprint density at radius 2 is 2.08 bits per heavy atom. The van der Waals surface area contributed by atoms with Gasteiger partial charge in [0.1, 0.15) is 0 Å². The normalized spacial score (nSPS) is 9.75. The predicted molar refractivity (Wildman–Crippen MR) is 43.2 cm³/mol. The van der Waals surface area contributed by atoms with Crippen LogP contribution < -0.4 is 5.32 Å². The minimum absolute atomic E-state index is 0.0351. The topological polar surface area (TPSA) is 78.8 Å². The molecule has 12 heavy (non-hydrogen) atoms. The monoisotopic (exact) mass is 177 g/mol. The highest BCUT2D eigenvalue weighted by Crippen LogP contribution is 1.87. The highest BCUT2D eigenvalue weighted by molar-refractivity contribution is 5.64. The zero-order chi connectivity index (χ0) is 9.23. The standard InChI is InChI=1S/C7H15NO4/c9-4-6-12-5-2-1-3-8-7(10)11/h8-9H,1-6H2,(H,10,11). The summed E-state index contributed by atoms with van der Waals surface area (Å²) in [5, 5.41) is 18.8. The number of aliphatic hydroxyl groups is 1. The first-order valence-electron chi connectivity index (χ1n) is 3.92. The summed E-state index contributed by atoms with van der Waals surface area (Å²) < 4.78 is 4.96. The summed E-state index contributed by atoms with van der Waals surface area (Å²) in [7, 11) is 0. The summed E-state index contributed by atoms with van der Waals surface area (Å²) in [4.78, 5) is 9.96. The predicted octanol–water partition coefficient (Wildman–Crippen LogP) is 0.0431. The fraction of sp³-hybridized carbons (Fsp3) is 0.857. The molecule has 5 heteroatoms. The molecule has 0 unspecified atom stereocenters. The summed E-state index contributed by atoms with van der Waals surface area (Å²) in [6.45, 7) is 1.42. The molecule has 0 aliphatic heterocycles. The molecular formula is C7H15NO4. The Kier molecular flexibility index (Phi) is 7.73. The summed E-state index contributed by atoms with van der Waals surface area (Å²) in [5.74, 6) is 0. The molecule has 0 saturated carbocycles. The van der Waals surface area contributed by atoms with Crippen molar-refractivity contribution in [2.45, 2.75) is 12.8 Å². The molecule has 72 valence electrons. The summed E-state index contributed by atoms with van der Waals surface area (Å²) in [5.41, 5.74) is 0. The zero-order valence-electron chi connectivity index (χ0n) is 6.95. The van der Waals surface area contributed by atoms with E-state index in [1.165, 1.54) is 0 Å². The number of hydrogen-bond donors (Lipinski definition) is 3. The van der Waals surface area contributed by atoms with Gasteiger partial charge in [-0.15, -0.1) is 0 Å². The van der Waals surface area contributed by atoms with Crippen LogP contribution in [0.4, 0.5) is 4.79 Å². The molecule has 0 bridgehead atoms. The Bertz CT molecular complexity index is 118. The third kappa shape index (κ3) is 9.19. The van der Waals surface area contributed by atoms with Gasteiger partial charge in [0, 0.05) is 13.2 Å². The smallest absolute Gasteiger partial charge is 0.404 e. The van der Waals surface area contributed by atoms with Crippen molar-refractivity contribution in [1.29, 1.82) is 0 Å². The van der Waals surface area contributed by atoms with Crippen LogP contribution in [0.1, 0.15) is 12.8 Å². The van der Waals surface area contributed by atoms with Crippen molar-refractivity contribution in [1.82, 2.24) is 5.32 Å². The number of amides is 1. The molecule has 5 nitrogen and oxygen atoms in total. The fourth-order valence-corrected chi connectivity index (χ4v) is 0.691. The van der Waals surface area contributed by atoms with Gasteiger partial charge in [-0.05, 0) is 12.8 Å². The van der Waals surface area contributed by atoms with Crippen LogP contribution in [0.15, 0.2) is 0 Å². The second-order valence-corrected chi connectivity index (χ2v) is 2.28. The van der Waals surface area contributed by atoms with Gasteiger partial charge in [0.15, 0.2) is 0 Å². The molecule has 0 heterocycles. The molecule has 0 spiro atoms. The maximum absolute atomic E-state index is 9.96. The van der Waals surface area contributed by atoms with E-state index < -0.39 is 6.09 Å². The first-order valence-corrected chi connectivity index (χ1v) is 3.92. The number of aliphatic hydroxyl groups excluding tert-OH is 1. The van der Waals surface area contributed by atoms with E-state index in [9.17, 15) is 4.79 Å². The van der Waals surface area contributed by atoms with Gasteiger partial charge in [0.2, 0.25) is 0 Å². The SMILES string of the molecule is O=C(O)NCCCCOCCO. The van der Waals surface area contributed by atoms with Gasteiger partial charge in [-0.1, -0.05) is 0 Å². The van der Waals surface area contributed by atoms with Crippen LogP contribution in [-0.2, 0) is 4.74 Å². The third-order valence-electron chi connectivity index (χ3n) is 1.23. The summed E-state index contributed by atoms with van der Waals surface area (Å²) >= 11 is 0. The second-order valence-electron chi connectivity index (χ2n) is 2.28. The highest BCUT2D eigenvalue weighted by Gasteiger charge is 1.92. The van der Waals surface area contributed by atoms with E-state index in [4.69, 9.17) is 14.9 Å². The van der Waals surface area contributed by atoms with Crippen LogP contribution in [0.5, 0.6) is 0 Å². The Balaban J connectivity index is 2.86. The fourth-order valence-electron chi connectivity index (χ4n) is 0.691. The number of hydrogen-bond acceptors (Lipinski definition) is 3. The minimum Gasteiger partial charge on any atom is -0.465 e. The molecule has 0 atom stereocenters. The number of nitrogens with one attached hydrogen (secondary N) is 1. The Morgan fingerprint density at radius 3 is 2.67 bits per heavy atom. The second kappa shape index (κ2) is 8.29. The zero-order valence-corrected chi connectivity index (χ0v) is 6.95. The lowest BCUT2D eigenvalue weighted by molar-refractivity contribution is 0.0898. The molecule has 0 aromatic rings. The number of carboxylic acid groups (broad SMARTS) is 1. The molecule has 0 fully saturated rings. The van der Waals surface area contributed by atoms with E-state index >= 15 is 0 Å². The molecule has 0 aliphatic carbocycles. The van der Waals surface area contributed by atoms with Crippen LogP contribution in [0.3, 0.4) is 0 Å². The Hall–Kier alpha value is -0.810. The van der Waals surface area contributed by atoms with E-state index in [0.717, 1.165) is 12.8 Å². The van der Waals surface area contributed by atoms with Gasteiger partial charge >= 0.3 is 6.09 Å². The van der Waals surface area contributed by atoms with Crippen molar-refractivity contribution < 1.29 is 19.7 Å². The lowest BCUT2D eigenvalue weighted by atomic mass is 10.3. The molecular weight excluding hydrogens is 162 g/mol. The molecule has 1 amide bonds. The van der Waals surface area contributed by atoms with Gasteiger partial charge in [0.25, 0.3) is 0 Å². The van der Waals surface area contributed by atoms with Crippen LogP contribution >= 0.6 is 0 Å². The van der Waals surface area contributed by atoms with E-state index in [0.29, 0.717) is 19.8 Å². The number of rotatable bonds is 7. The first kappa shape index (κ1) is 11.2. The largest absolute Gasteiger partial charge is 0.465 e. The molecule has 0 saturated heterocycles. The quantitative estimate of drug-likeness (QED) is 0.480. The average Bonchev–Trinajstić information content (AvgIpc) is 2.02. The highest BCUT2D eigenvalue weighted by atomic mass is 16.5. The van der Waals surface area contributed by atoms with Gasteiger partial charge in [0.05, 0.1) is 13.2 Å². The van der Waals surface area contributed by atoms with Crippen molar-refractivity contribution in [3.8, 4) is 0 Å². The van der Waals surface area contributed by atoms with Crippen molar-refractivity contribution in [2.24, 2.45) is 0 Å². The lowest BCUT2D eigenvalue weighted by Gasteiger charge is -2.01. The van der Waals surface area contributed by atoms with Crippen LogP contribution in [0.2, 0.25) is 0 Å². The van der Waals surface area contributed by atoms with Gasteiger partial charge in [-0.25, -0.2) is 4.79 Å². The number of unbranched alkanes of at least 4 members (excludes halogenated alkanes) is 1. The van der Waals surface area contributed by atoms with Gasteiger partial charge < -0.3 is 20.3 Å². The van der Waals surface area contributed by atoms with E-state index in [1.807, 2.05) is 0 Å². The maximum Gasteiger partial charge on any atom is 0.404 e. The van der Waals surface area contributed by atoms with Crippen LogP contribution in [-0.4, -0.2) is 42.7 Å². The molecule has 0 aromatic carbocycles. The Labute approximate surface area is 71.3 Å².